The van der Waals surface area contributed by atoms with Crippen molar-refractivity contribution in [1.82, 2.24) is 15.0 Å². The largest absolute Gasteiger partial charge is 0.486 e. The molecule has 2 aromatic rings. The topological polar surface area (TPSA) is 66.2 Å². The molecule has 0 spiro atoms. The van der Waals surface area contributed by atoms with Crippen molar-refractivity contribution >= 4 is 5.78 Å². The molecular weight excluding hydrogens is 258 g/mol. The Morgan fingerprint density at radius 3 is 3.05 bits per heavy atom. The molecular formula is C14H15N3O3. The number of benzene rings is 1. The van der Waals surface area contributed by atoms with E-state index in [-0.39, 0.29) is 5.78 Å². The first-order valence-corrected chi connectivity index (χ1v) is 6.63. The van der Waals surface area contributed by atoms with E-state index in [0.29, 0.717) is 42.5 Å². The van der Waals surface area contributed by atoms with Gasteiger partial charge in [-0.05, 0) is 18.6 Å². The number of hydrogen-bond donors (Lipinski definition) is 0. The minimum Gasteiger partial charge on any atom is -0.486 e. The van der Waals surface area contributed by atoms with Crippen LogP contribution in [0.25, 0.3) is 0 Å². The van der Waals surface area contributed by atoms with Gasteiger partial charge in [-0.25, -0.2) is 4.68 Å². The van der Waals surface area contributed by atoms with E-state index in [2.05, 4.69) is 10.3 Å². The lowest BCUT2D eigenvalue weighted by Gasteiger charge is -2.20. The van der Waals surface area contributed by atoms with Crippen LogP contribution in [-0.2, 0) is 6.54 Å². The Bertz CT molecular complexity index is 636. The highest BCUT2D eigenvalue weighted by Gasteiger charge is 2.23. The number of aryl methyl sites for hydroxylation is 1. The lowest BCUT2D eigenvalue weighted by atomic mass is 10.1. The van der Waals surface area contributed by atoms with Crippen LogP contribution in [0, 0.1) is 0 Å². The minimum absolute atomic E-state index is 0.147. The molecule has 1 aliphatic rings. The molecule has 1 aliphatic heterocycles. The van der Waals surface area contributed by atoms with Gasteiger partial charge in [0.15, 0.2) is 11.5 Å². The molecule has 0 unspecified atom stereocenters. The van der Waals surface area contributed by atoms with Crippen LogP contribution < -0.4 is 9.47 Å². The van der Waals surface area contributed by atoms with Crippen LogP contribution in [0.1, 0.15) is 29.4 Å². The molecule has 0 saturated heterocycles. The molecule has 1 aromatic heterocycles. The Morgan fingerprint density at radius 1 is 1.35 bits per heavy atom. The Balaban J connectivity index is 2.00. The fraction of sp³-hybridized carbons (Fsp3) is 0.357. The van der Waals surface area contributed by atoms with Crippen molar-refractivity contribution in [3.05, 3.63) is 35.7 Å². The summed E-state index contributed by atoms with van der Waals surface area (Å²) in [7, 11) is 0. The van der Waals surface area contributed by atoms with E-state index in [4.69, 9.17) is 9.47 Å². The molecule has 0 saturated carbocycles. The third-order valence-corrected chi connectivity index (χ3v) is 3.10. The number of nitrogens with zero attached hydrogens (tertiary/aromatic N) is 3. The van der Waals surface area contributed by atoms with Gasteiger partial charge in [0.1, 0.15) is 18.9 Å². The maximum atomic E-state index is 12.6. The molecule has 0 N–H and O–H groups in total. The normalized spacial score (nSPS) is 13.2. The van der Waals surface area contributed by atoms with E-state index >= 15 is 0 Å². The second-order valence-corrected chi connectivity index (χ2v) is 4.50. The summed E-state index contributed by atoms with van der Waals surface area (Å²) in [5.74, 6) is 0.968. The van der Waals surface area contributed by atoms with E-state index in [1.54, 1.807) is 22.9 Å². The summed E-state index contributed by atoms with van der Waals surface area (Å²) in [6.45, 7) is 3.63. The number of para-hydroxylation sites is 1. The summed E-state index contributed by atoms with van der Waals surface area (Å²) in [4.78, 5) is 12.6. The number of aromatic nitrogens is 3. The summed E-state index contributed by atoms with van der Waals surface area (Å²) in [5, 5.41) is 7.76. The number of hydrogen-bond acceptors (Lipinski definition) is 5. The average molecular weight is 273 g/mol. The summed E-state index contributed by atoms with van der Waals surface area (Å²) in [6, 6.07) is 5.32. The summed E-state index contributed by atoms with van der Waals surface area (Å²) < 4.78 is 12.7. The molecule has 2 heterocycles. The van der Waals surface area contributed by atoms with Gasteiger partial charge >= 0.3 is 0 Å². The van der Waals surface area contributed by atoms with Gasteiger partial charge in [-0.3, -0.25) is 4.79 Å². The third kappa shape index (κ3) is 2.13. The number of rotatable bonds is 4. The smallest absolute Gasteiger partial charge is 0.216 e. The Hall–Kier alpha value is -2.37. The van der Waals surface area contributed by atoms with Crippen molar-refractivity contribution in [2.45, 2.75) is 19.9 Å². The van der Waals surface area contributed by atoms with Gasteiger partial charge in [0.2, 0.25) is 5.78 Å². The first-order chi connectivity index (χ1) is 9.81. The Labute approximate surface area is 116 Å². The molecule has 20 heavy (non-hydrogen) atoms. The van der Waals surface area contributed by atoms with Gasteiger partial charge in [0.05, 0.1) is 11.8 Å². The second kappa shape index (κ2) is 5.32. The fourth-order valence-corrected chi connectivity index (χ4v) is 2.20. The number of ether oxygens (including phenoxy) is 2. The molecule has 0 radical (unpaired) electrons. The van der Waals surface area contributed by atoms with Crippen LogP contribution in [0.5, 0.6) is 11.5 Å². The van der Waals surface area contributed by atoms with Crippen molar-refractivity contribution < 1.29 is 14.3 Å². The van der Waals surface area contributed by atoms with Gasteiger partial charge < -0.3 is 9.47 Å². The van der Waals surface area contributed by atoms with Crippen molar-refractivity contribution in [1.29, 1.82) is 0 Å². The predicted molar refractivity (Wildman–Crippen MR) is 71.2 cm³/mol. The van der Waals surface area contributed by atoms with Gasteiger partial charge in [0.25, 0.3) is 0 Å². The molecule has 0 amide bonds. The molecule has 6 heteroatoms. The van der Waals surface area contributed by atoms with Crippen molar-refractivity contribution in [2.75, 3.05) is 13.2 Å². The van der Waals surface area contributed by atoms with E-state index < -0.39 is 0 Å². The maximum Gasteiger partial charge on any atom is 0.216 e. The molecule has 0 bridgehead atoms. The Kier molecular flexibility index (Phi) is 3.37. The van der Waals surface area contributed by atoms with E-state index in [1.165, 1.54) is 6.20 Å². The molecule has 0 atom stereocenters. The zero-order valence-electron chi connectivity index (χ0n) is 11.2. The van der Waals surface area contributed by atoms with Crippen LogP contribution in [0.4, 0.5) is 0 Å². The summed E-state index contributed by atoms with van der Waals surface area (Å²) in [5.41, 5.74) is 0.955. The lowest BCUT2D eigenvalue weighted by molar-refractivity contribution is 0.101. The van der Waals surface area contributed by atoms with Gasteiger partial charge in [-0.1, -0.05) is 18.2 Å². The number of carbonyl (C=O) groups excluding carboxylic acids is 1. The van der Waals surface area contributed by atoms with E-state index in [9.17, 15) is 4.79 Å². The van der Waals surface area contributed by atoms with Gasteiger partial charge in [-0.15, -0.1) is 5.10 Å². The third-order valence-electron chi connectivity index (χ3n) is 3.10. The number of fused-ring (bicyclic) bond motifs is 1. The highest BCUT2D eigenvalue weighted by atomic mass is 16.6. The molecule has 6 nitrogen and oxygen atoms in total. The number of ketones is 1. The summed E-state index contributed by atoms with van der Waals surface area (Å²) in [6.07, 6.45) is 2.37. The monoisotopic (exact) mass is 273 g/mol. The molecule has 104 valence electrons. The average Bonchev–Trinajstić information content (AvgIpc) is 2.94. The van der Waals surface area contributed by atoms with Crippen LogP contribution >= 0.6 is 0 Å². The summed E-state index contributed by atoms with van der Waals surface area (Å²) >= 11 is 0. The zero-order valence-corrected chi connectivity index (χ0v) is 11.2. The molecule has 3 rings (SSSR count). The molecule has 1 aromatic carbocycles. The zero-order chi connectivity index (χ0) is 13.9. The van der Waals surface area contributed by atoms with Gasteiger partial charge in [-0.2, -0.15) is 0 Å². The quantitative estimate of drug-likeness (QED) is 0.793. The maximum absolute atomic E-state index is 12.6. The first-order valence-electron chi connectivity index (χ1n) is 6.63. The van der Waals surface area contributed by atoms with Crippen LogP contribution in [-0.4, -0.2) is 34.0 Å². The van der Waals surface area contributed by atoms with Crippen molar-refractivity contribution in [3.8, 4) is 11.5 Å². The number of carbonyl (C=O) groups is 1. The van der Waals surface area contributed by atoms with Crippen molar-refractivity contribution in [2.24, 2.45) is 0 Å². The van der Waals surface area contributed by atoms with E-state index in [1.807, 2.05) is 6.92 Å². The van der Waals surface area contributed by atoms with E-state index in [0.717, 1.165) is 6.42 Å². The SMILES string of the molecule is CCCn1nncc1C(=O)c1cccc2c1OCCO2. The first kappa shape index (κ1) is 12.7. The van der Waals surface area contributed by atoms with Crippen molar-refractivity contribution in [3.63, 3.8) is 0 Å². The van der Waals surface area contributed by atoms with Crippen LogP contribution in [0.3, 0.4) is 0 Å². The molecule has 0 aliphatic carbocycles. The standard InChI is InChI=1S/C14H15N3O3/c1-2-6-17-11(9-15-16-17)13(18)10-4-3-5-12-14(10)20-8-7-19-12/h3-5,9H,2,6-8H2,1H3. The second-order valence-electron chi connectivity index (χ2n) is 4.50. The van der Waals surface area contributed by atoms with Gasteiger partial charge in [0, 0.05) is 6.54 Å². The fourth-order valence-electron chi connectivity index (χ4n) is 2.20. The highest BCUT2D eigenvalue weighted by Crippen LogP contribution is 2.34. The van der Waals surface area contributed by atoms with Crippen LogP contribution in [0.15, 0.2) is 24.4 Å². The molecule has 0 fully saturated rings. The Morgan fingerprint density at radius 2 is 2.20 bits per heavy atom. The van der Waals surface area contributed by atoms with Crippen LogP contribution in [0.2, 0.25) is 0 Å². The lowest BCUT2D eigenvalue weighted by Crippen LogP contribution is -2.19. The minimum atomic E-state index is -0.147. The predicted octanol–water partition coefficient (Wildman–Crippen LogP) is 1.69. The highest BCUT2D eigenvalue weighted by molar-refractivity contribution is 6.10.